The minimum atomic E-state index is -0.614. The Balaban J connectivity index is 2.00. The van der Waals surface area contributed by atoms with Gasteiger partial charge in [0.25, 0.3) is 5.91 Å². The van der Waals surface area contributed by atoms with Crippen LogP contribution in [0.25, 0.3) is 0 Å². The number of hydrogen-bond donors (Lipinski definition) is 1. The molecule has 0 unspecified atom stereocenters. The number of amides is 1. The summed E-state index contributed by atoms with van der Waals surface area (Å²) in [5, 5.41) is 1.77. The third-order valence-electron chi connectivity index (χ3n) is 3.74. The molecule has 2 rings (SSSR count). The zero-order valence-electron chi connectivity index (χ0n) is 12.7. The highest BCUT2D eigenvalue weighted by Gasteiger charge is 2.31. The molecule has 1 aliphatic rings. The summed E-state index contributed by atoms with van der Waals surface area (Å²) in [6.45, 7) is 2.43. The number of hydrogen-bond acceptors (Lipinski definition) is 5. The fourth-order valence-corrected chi connectivity index (χ4v) is 2.72. The van der Waals surface area contributed by atoms with Gasteiger partial charge in [-0.25, -0.2) is 5.01 Å². The average Bonchev–Trinajstić information content (AvgIpc) is 3.00. The number of carbonyl (C=O) groups excluding carboxylic acids is 2. The summed E-state index contributed by atoms with van der Waals surface area (Å²) < 4.78 is 11.0. The lowest BCUT2D eigenvalue weighted by Gasteiger charge is -2.25. The predicted octanol–water partition coefficient (Wildman–Crippen LogP) is 0.943. The van der Waals surface area contributed by atoms with E-state index in [4.69, 9.17) is 9.47 Å². The fraction of sp³-hybridized carbons (Fsp3) is 0.500. The van der Waals surface area contributed by atoms with Gasteiger partial charge in [-0.05, 0) is 12.0 Å². The van der Waals surface area contributed by atoms with Crippen LogP contribution in [0.15, 0.2) is 30.3 Å². The molecule has 1 amide bonds. The minimum Gasteiger partial charge on any atom is -0.382 e. The molecule has 0 radical (unpaired) electrons. The Labute approximate surface area is 130 Å². The largest absolute Gasteiger partial charge is 0.382 e. The van der Waals surface area contributed by atoms with Gasteiger partial charge in [0, 0.05) is 26.1 Å². The summed E-state index contributed by atoms with van der Waals surface area (Å²) in [6, 6.07) is 10.0. The van der Waals surface area contributed by atoms with Crippen molar-refractivity contribution in [1.29, 1.82) is 0 Å². The Morgan fingerprint density at radius 3 is 2.86 bits per heavy atom. The van der Waals surface area contributed by atoms with Gasteiger partial charge in [-0.3, -0.25) is 15.0 Å². The van der Waals surface area contributed by atoms with Gasteiger partial charge in [0.2, 0.25) is 6.29 Å². The Morgan fingerprint density at radius 1 is 1.41 bits per heavy atom. The molecule has 1 aromatic rings. The van der Waals surface area contributed by atoms with Crippen LogP contribution in [0.2, 0.25) is 0 Å². The predicted molar refractivity (Wildman–Crippen MR) is 80.9 cm³/mol. The standard InChI is InChI=1S/C16H22N2O4/c1-21-9-10-22-16(13-5-3-2-4-6-13)14-7-8-18(11-14)17-15(20)12-19/h2-6,12,14,16H,7-11H2,1H3,(H,17,20)/t14-,16+/m1/s1. The molecule has 1 saturated heterocycles. The van der Waals surface area contributed by atoms with Gasteiger partial charge < -0.3 is 9.47 Å². The number of ether oxygens (including phenoxy) is 2. The maximum Gasteiger partial charge on any atom is 0.298 e. The Bertz CT molecular complexity index is 480. The molecule has 6 nitrogen and oxygen atoms in total. The molecule has 1 heterocycles. The first-order valence-electron chi connectivity index (χ1n) is 7.41. The van der Waals surface area contributed by atoms with Gasteiger partial charge in [-0.1, -0.05) is 30.3 Å². The molecule has 1 aliphatic heterocycles. The van der Waals surface area contributed by atoms with Crippen molar-refractivity contribution in [3.05, 3.63) is 35.9 Å². The van der Waals surface area contributed by atoms with Crippen LogP contribution in [-0.4, -0.2) is 50.6 Å². The zero-order chi connectivity index (χ0) is 15.8. The Hall–Kier alpha value is -1.76. The lowest BCUT2D eigenvalue weighted by atomic mass is 9.95. The van der Waals surface area contributed by atoms with Crippen LogP contribution in [0.1, 0.15) is 18.1 Å². The van der Waals surface area contributed by atoms with Crippen molar-refractivity contribution >= 4 is 12.2 Å². The van der Waals surface area contributed by atoms with E-state index in [9.17, 15) is 9.59 Å². The van der Waals surface area contributed by atoms with E-state index in [1.165, 1.54) is 0 Å². The van der Waals surface area contributed by atoms with Gasteiger partial charge in [0.1, 0.15) is 0 Å². The zero-order valence-corrected chi connectivity index (χ0v) is 12.7. The van der Waals surface area contributed by atoms with Crippen LogP contribution in [0.3, 0.4) is 0 Å². The number of hydrazine groups is 1. The molecular weight excluding hydrogens is 284 g/mol. The van der Waals surface area contributed by atoms with Crippen molar-refractivity contribution < 1.29 is 19.1 Å². The molecule has 2 atom stereocenters. The van der Waals surface area contributed by atoms with Crippen LogP contribution >= 0.6 is 0 Å². The van der Waals surface area contributed by atoms with Gasteiger partial charge in [0.15, 0.2) is 0 Å². The maximum absolute atomic E-state index is 11.2. The van der Waals surface area contributed by atoms with Gasteiger partial charge in [-0.2, -0.15) is 0 Å². The fourth-order valence-electron chi connectivity index (χ4n) is 2.72. The second kappa shape index (κ2) is 8.63. The molecule has 1 N–H and O–H groups in total. The van der Waals surface area contributed by atoms with Crippen molar-refractivity contribution in [1.82, 2.24) is 10.4 Å². The van der Waals surface area contributed by atoms with Crippen molar-refractivity contribution in [3.63, 3.8) is 0 Å². The Kier molecular flexibility index (Phi) is 6.51. The molecule has 1 aromatic carbocycles. The van der Waals surface area contributed by atoms with E-state index in [2.05, 4.69) is 5.43 Å². The molecule has 0 bridgehead atoms. The lowest BCUT2D eigenvalue weighted by Crippen LogP contribution is -2.41. The number of nitrogens with zero attached hydrogens (tertiary/aromatic N) is 1. The highest BCUT2D eigenvalue weighted by Crippen LogP contribution is 2.32. The third-order valence-corrected chi connectivity index (χ3v) is 3.74. The van der Waals surface area contributed by atoms with E-state index in [0.717, 1.165) is 12.0 Å². The normalized spacial score (nSPS) is 19.8. The number of benzene rings is 1. The summed E-state index contributed by atoms with van der Waals surface area (Å²) >= 11 is 0. The van der Waals surface area contributed by atoms with E-state index in [1.807, 2.05) is 30.3 Å². The highest BCUT2D eigenvalue weighted by atomic mass is 16.5. The Morgan fingerprint density at radius 2 is 2.18 bits per heavy atom. The summed E-state index contributed by atoms with van der Waals surface area (Å²) in [4.78, 5) is 21.6. The topological polar surface area (TPSA) is 67.9 Å². The van der Waals surface area contributed by atoms with Crippen LogP contribution < -0.4 is 5.43 Å². The quantitative estimate of drug-likeness (QED) is 0.440. The van der Waals surface area contributed by atoms with E-state index in [-0.39, 0.29) is 18.3 Å². The minimum absolute atomic E-state index is 0.0468. The maximum atomic E-state index is 11.2. The summed E-state index contributed by atoms with van der Waals surface area (Å²) in [6.07, 6.45) is 1.14. The van der Waals surface area contributed by atoms with Crippen LogP contribution in [0.4, 0.5) is 0 Å². The van der Waals surface area contributed by atoms with Crippen LogP contribution in [-0.2, 0) is 19.1 Å². The SMILES string of the molecule is COCCO[C@@H](c1ccccc1)[C@@H]1CCN(NC(=O)C=O)C1. The first-order valence-corrected chi connectivity index (χ1v) is 7.41. The van der Waals surface area contributed by atoms with Crippen molar-refractivity contribution in [3.8, 4) is 0 Å². The van der Waals surface area contributed by atoms with Crippen LogP contribution in [0, 0.1) is 5.92 Å². The molecule has 6 heteroatoms. The monoisotopic (exact) mass is 306 g/mol. The lowest BCUT2D eigenvalue weighted by molar-refractivity contribution is -0.134. The van der Waals surface area contributed by atoms with Gasteiger partial charge in [0.05, 0.1) is 19.3 Å². The van der Waals surface area contributed by atoms with E-state index < -0.39 is 5.91 Å². The number of nitrogens with one attached hydrogen (secondary N) is 1. The molecule has 0 aromatic heterocycles. The van der Waals surface area contributed by atoms with E-state index in [0.29, 0.717) is 26.3 Å². The van der Waals surface area contributed by atoms with E-state index >= 15 is 0 Å². The van der Waals surface area contributed by atoms with E-state index in [1.54, 1.807) is 12.1 Å². The summed E-state index contributed by atoms with van der Waals surface area (Å²) in [7, 11) is 1.65. The van der Waals surface area contributed by atoms with Crippen molar-refractivity contribution in [2.75, 3.05) is 33.4 Å². The average molecular weight is 306 g/mol. The number of aldehydes is 1. The first-order chi connectivity index (χ1) is 10.7. The highest BCUT2D eigenvalue weighted by molar-refractivity contribution is 6.23. The molecule has 1 fully saturated rings. The molecule has 120 valence electrons. The smallest absolute Gasteiger partial charge is 0.298 e. The molecule has 22 heavy (non-hydrogen) atoms. The van der Waals surface area contributed by atoms with Crippen LogP contribution in [0.5, 0.6) is 0 Å². The third kappa shape index (κ3) is 4.62. The van der Waals surface area contributed by atoms with Gasteiger partial charge in [-0.15, -0.1) is 0 Å². The van der Waals surface area contributed by atoms with Crippen molar-refractivity contribution in [2.24, 2.45) is 5.92 Å². The number of methoxy groups -OCH3 is 1. The summed E-state index contributed by atoms with van der Waals surface area (Å²) in [5.41, 5.74) is 3.70. The second-order valence-electron chi connectivity index (χ2n) is 5.28. The molecule has 0 spiro atoms. The van der Waals surface area contributed by atoms with Gasteiger partial charge >= 0.3 is 0 Å². The molecule has 0 saturated carbocycles. The second-order valence-corrected chi connectivity index (χ2v) is 5.28. The summed E-state index contributed by atoms with van der Waals surface area (Å²) in [5.74, 6) is -0.358. The number of carbonyl (C=O) groups is 2. The molecule has 0 aliphatic carbocycles. The number of rotatable bonds is 8. The first kappa shape index (κ1) is 16.6. The van der Waals surface area contributed by atoms with Crippen molar-refractivity contribution in [2.45, 2.75) is 12.5 Å². The molecular formula is C16H22N2O4.